The van der Waals surface area contributed by atoms with Gasteiger partial charge in [-0.25, -0.2) is 0 Å². The molecule has 1 N–H and O–H groups in total. The van der Waals surface area contributed by atoms with Crippen LogP contribution in [0.15, 0.2) is 12.2 Å². The molecule has 0 aliphatic heterocycles. The van der Waals surface area contributed by atoms with Crippen LogP contribution >= 0.6 is 0 Å². The lowest BCUT2D eigenvalue weighted by molar-refractivity contribution is -0.144. The van der Waals surface area contributed by atoms with E-state index in [0.717, 1.165) is 0 Å². The number of aliphatic carboxylic acids is 1. The summed E-state index contributed by atoms with van der Waals surface area (Å²) in [7, 11) is 0. The van der Waals surface area contributed by atoms with E-state index in [2.05, 4.69) is 0 Å². The average Bonchev–Trinajstić information content (AvgIpc) is 1.84. The number of ketones is 1. The molecule has 11 heavy (non-hydrogen) atoms. The van der Waals surface area contributed by atoms with Crippen LogP contribution in [-0.4, -0.2) is 16.9 Å². The molecule has 0 rings (SSSR count). The first kappa shape index (κ1) is 9.88. The zero-order chi connectivity index (χ0) is 9.07. The highest BCUT2D eigenvalue weighted by molar-refractivity contribution is 5.88. The van der Waals surface area contributed by atoms with Crippen molar-refractivity contribution in [2.75, 3.05) is 0 Å². The summed E-state index contributed by atoms with van der Waals surface area (Å²) in [4.78, 5) is 20.9. The van der Waals surface area contributed by atoms with Crippen molar-refractivity contribution in [3.8, 4) is 0 Å². The number of hydrogen-bond acceptors (Lipinski definition) is 2. The smallest absolute Gasteiger partial charge is 0.312 e. The Hall–Kier alpha value is -1.12. The highest BCUT2D eigenvalue weighted by atomic mass is 16.4. The fourth-order valence-electron chi connectivity index (χ4n) is 0.397. The molecule has 0 aromatic heterocycles. The minimum atomic E-state index is -0.953. The molecule has 0 aliphatic carbocycles. The first-order valence-electron chi connectivity index (χ1n) is 3.29. The number of hydrogen-bond donors (Lipinski definition) is 1. The Morgan fingerprint density at radius 1 is 1.36 bits per heavy atom. The van der Waals surface area contributed by atoms with Crippen LogP contribution in [0, 0.1) is 5.41 Å². The summed E-state index contributed by atoms with van der Waals surface area (Å²) in [6.07, 6.45) is 2.66. The number of rotatable bonds is 3. The molecule has 0 atom stereocenters. The summed E-state index contributed by atoms with van der Waals surface area (Å²) in [6, 6.07) is 0. The molecule has 0 unspecified atom stereocenters. The second-order valence-electron chi connectivity index (χ2n) is 2.97. The fourth-order valence-corrected chi connectivity index (χ4v) is 0.397. The number of carbonyl (C=O) groups excluding carboxylic acids is 1. The largest absolute Gasteiger partial charge is 0.481 e. The van der Waals surface area contributed by atoms with E-state index in [-0.39, 0.29) is 5.78 Å². The molecule has 0 bridgehead atoms. The lowest BCUT2D eigenvalue weighted by Gasteiger charge is -2.12. The van der Waals surface area contributed by atoms with E-state index in [4.69, 9.17) is 5.11 Å². The SMILES string of the molecule is CC(=O)C=CC(C)(C)C(=O)O. The van der Waals surface area contributed by atoms with Crippen LogP contribution in [0.25, 0.3) is 0 Å². The summed E-state index contributed by atoms with van der Waals surface area (Å²) in [5, 5.41) is 8.59. The monoisotopic (exact) mass is 156 g/mol. The normalized spacial score (nSPS) is 11.9. The van der Waals surface area contributed by atoms with Crippen molar-refractivity contribution in [3.63, 3.8) is 0 Å². The van der Waals surface area contributed by atoms with Gasteiger partial charge in [-0.2, -0.15) is 0 Å². The van der Waals surface area contributed by atoms with Gasteiger partial charge < -0.3 is 5.11 Å². The molecule has 0 saturated carbocycles. The molecule has 0 aliphatic rings. The maximum absolute atomic E-state index is 10.5. The lowest BCUT2D eigenvalue weighted by atomic mass is 9.93. The molecule has 0 aromatic rings. The Morgan fingerprint density at radius 3 is 2.09 bits per heavy atom. The van der Waals surface area contributed by atoms with Gasteiger partial charge in [0.25, 0.3) is 0 Å². The number of allylic oxidation sites excluding steroid dienone is 1. The zero-order valence-corrected chi connectivity index (χ0v) is 6.92. The predicted octanol–water partition coefficient (Wildman–Crippen LogP) is 1.24. The molecule has 3 nitrogen and oxygen atoms in total. The van der Waals surface area contributed by atoms with E-state index in [0.29, 0.717) is 0 Å². The predicted molar refractivity (Wildman–Crippen MR) is 41.2 cm³/mol. The van der Waals surface area contributed by atoms with Gasteiger partial charge >= 0.3 is 5.97 Å². The summed E-state index contributed by atoms with van der Waals surface area (Å²) in [5.74, 6) is -1.07. The van der Waals surface area contributed by atoms with E-state index in [1.54, 1.807) is 0 Å². The first-order chi connectivity index (χ1) is 4.86. The average molecular weight is 156 g/mol. The quantitative estimate of drug-likeness (QED) is 0.625. The van der Waals surface area contributed by atoms with Gasteiger partial charge in [-0.3, -0.25) is 9.59 Å². The van der Waals surface area contributed by atoms with Gasteiger partial charge in [0.15, 0.2) is 5.78 Å². The van der Waals surface area contributed by atoms with E-state index >= 15 is 0 Å². The number of carbonyl (C=O) groups is 2. The Labute approximate surface area is 65.7 Å². The van der Waals surface area contributed by atoms with Crippen LogP contribution in [0.5, 0.6) is 0 Å². The molecule has 62 valence electrons. The number of carboxylic acid groups (broad SMARTS) is 1. The van der Waals surface area contributed by atoms with Crippen LogP contribution in [0.3, 0.4) is 0 Å². The molecule has 0 heterocycles. The van der Waals surface area contributed by atoms with Crippen molar-refractivity contribution in [2.45, 2.75) is 20.8 Å². The molecular weight excluding hydrogens is 144 g/mol. The highest BCUT2D eigenvalue weighted by Crippen LogP contribution is 2.16. The minimum Gasteiger partial charge on any atom is -0.481 e. The van der Waals surface area contributed by atoms with Crippen LogP contribution in [0.1, 0.15) is 20.8 Å². The van der Waals surface area contributed by atoms with Gasteiger partial charge in [0, 0.05) is 0 Å². The fraction of sp³-hybridized carbons (Fsp3) is 0.500. The molecule has 0 spiro atoms. The van der Waals surface area contributed by atoms with E-state index in [1.165, 1.54) is 32.9 Å². The molecule has 0 fully saturated rings. The third kappa shape index (κ3) is 3.55. The van der Waals surface area contributed by atoms with Gasteiger partial charge in [-0.15, -0.1) is 0 Å². The standard InChI is InChI=1S/C8H12O3/c1-6(9)4-5-8(2,3)7(10)11/h4-5H,1-3H3,(H,10,11). The van der Waals surface area contributed by atoms with E-state index in [9.17, 15) is 9.59 Å². The van der Waals surface area contributed by atoms with Gasteiger partial charge in [0.1, 0.15) is 0 Å². The Kier molecular flexibility index (Phi) is 2.99. The second-order valence-corrected chi connectivity index (χ2v) is 2.97. The van der Waals surface area contributed by atoms with Crippen molar-refractivity contribution in [1.82, 2.24) is 0 Å². The van der Waals surface area contributed by atoms with Crippen LogP contribution in [-0.2, 0) is 9.59 Å². The first-order valence-corrected chi connectivity index (χ1v) is 3.29. The van der Waals surface area contributed by atoms with Gasteiger partial charge in [-0.05, 0) is 26.8 Å². The van der Waals surface area contributed by atoms with Crippen molar-refractivity contribution in [3.05, 3.63) is 12.2 Å². The summed E-state index contributed by atoms with van der Waals surface area (Å²) >= 11 is 0. The third-order valence-electron chi connectivity index (χ3n) is 1.29. The molecule has 0 aromatic carbocycles. The number of carboxylic acids is 1. The second kappa shape index (κ2) is 3.32. The maximum Gasteiger partial charge on any atom is 0.312 e. The van der Waals surface area contributed by atoms with Crippen molar-refractivity contribution in [1.29, 1.82) is 0 Å². The molecule has 0 radical (unpaired) electrons. The van der Waals surface area contributed by atoms with Crippen LogP contribution in [0.4, 0.5) is 0 Å². The molecule has 3 heteroatoms. The van der Waals surface area contributed by atoms with E-state index < -0.39 is 11.4 Å². The van der Waals surface area contributed by atoms with Crippen molar-refractivity contribution >= 4 is 11.8 Å². The Morgan fingerprint density at radius 2 is 1.82 bits per heavy atom. The van der Waals surface area contributed by atoms with Gasteiger partial charge in [0.05, 0.1) is 5.41 Å². The Balaban J connectivity index is 4.35. The minimum absolute atomic E-state index is 0.140. The highest BCUT2D eigenvalue weighted by Gasteiger charge is 2.23. The summed E-state index contributed by atoms with van der Waals surface area (Å²) in [5.41, 5.74) is -0.953. The third-order valence-corrected chi connectivity index (χ3v) is 1.29. The van der Waals surface area contributed by atoms with Gasteiger partial charge in [0.2, 0.25) is 0 Å². The summed E-state index contributed by atoms with van der Waals surface area (Å²) in [6.45, 7) is 4.46. The molecule has 0 amide bonds. The molecule has 0 saturated heterocycles. The van der Waals surface area contributed by atoms with Crippen LogP contribution < -0.4 is 0 Å². The Bertz CT molecular complexity index is 201. The van der Waals surface area contributed by atoms with E-state index in [1.807, 2.05) is 0 Å². The maximum atomic E-state index is 10.5. The lowest BCUT2D eigenvalue weighted by Crippen LogP contribution is -2.20. The topological polar surface area (TPSA) is 54.4 Å². The zero-order valence-electron chi connectivity index (χ0n) is 6.92. The summed E-state index contributed by atoms with van der Waals surface area (Å²) < 4.78 is 0. The van der Waals surface area contributed by atoms with Crippen LogP contribution in [0.2, 0.25) is 0 Å². The molecular formula is C8H12O3. The van der Waals surface area contributed by atoms with Crippen molar-refractivity contribution < 1.29 is 14.7 Å². The van der Waals surface area contributed by atoms with Crippen molar-refractivity contribution in [2.24, 2.45) is 5.41 Å². The van der Waals surface area contributed by atoms with Gasteiger partial charge in [-0.1, -0.05) is 6.08 Å².